The molecule has 2 rings (SSSR count). The number of amides is 1. The minimum atomic E-state index is -2.08. The van der Waals surface area contributed by atoms with Crippen molar-refractivity contribution in [1.29, 1.82) is 0 Å². The van der Waals surface area contributed by atoms with E-state index in [4.69, 9.17) is 23.2 Å². The fraction of sp³-hybridized carbons (Fsp3) is 0.182. The summed E-state index contributed by atoms with van der Waals surface area (Å²) in [7, 11) is 1.21. The zero-order chi connectivity index (χ0) is 16.6. The molecule has 118 valence electrons. The highest BCUT2D eigenvalue weighted by Crippen LogP contribution is 2.34. The van der Waals surface area contributed by atoms with Crippen molar-refractivity contribution >= 4 is 51.8 Å². The molecule has 0 aliphatic carbocycles. The van der Waals surface area contributed by atoms with Crippen LogP contribution in [-0.4, -0.2) is 19.0 Å². The molecule has 0 aliphatic heterocycles. The van der Waals surface area contributed by atoms with Gasteiger partial charge in [0.25, 0.3) is 0 Å². The number of carbonyl (C=O) groups excluding carboxylic acids is 1. The van der Waals surface area contributed by atoms with E-state index >= 15 is 0 Å². The molecule has 0 saturated heterocycles. The molecule has 2 aromatic rings. The van der Waals surface area contributed by atoms with Gasteiger partial charge in [0, 0.05) is 20.0 Å². The van der Waals surface area contributed by atoms with Crippen molar-refractivity contribution in [1.82, 2.24) is 8.54 Å². The van der Waals surface area contributed by atoms with E-state index in [1.807, 2.05) is 0 Å². The highest BCUT2D eigenvalue weighted by Gasteiger charge is 2.25. The first-order chi connectivity index (χ1) is 10.2. The van der Waals surface area contributed by atoms with Crippen LogP contribution in [0.5, 0.6) is 0 Å². The van der Waals surface area contributed by atoms with Crippen molar-refractivity contribution in [2.24, 2.45) is 12.0 Å². The van der Waals surface area contributed by atoms with Crippen LogP contribution in [0.2, 0.25) is 8.67 Å². The van der Waals surface area contributed by atoms with Crippen LogP contribution < -0.4 is 11.2 Å². The summed E-state index contributed by atoms with van der Waals surface area (Å²) in [5.74, 6) is -1.64. The van der Waals surface area contributed by atoms with E-state index in [0.717, 1.165) is 22.8 Å². The SMILES string of the molecule is CC(=O)/N=c1\c(F)cn([S+]([O-])c2cc(Cl)sc2Cl)c(=O)n1C. The highest BCUT2D eigenvalue weighted by molar-refractivity contribution is 7.90. The number of hydrogen-bond acceptors (Lipinski definition) is 4. The smallest absolute Gasteiger partial charge is 0.371 e. The van der Waals surface area contributed by atoms with Crippen LogP contribution >= 0.6 is 34.5 Å². The second-order valence-electron chi connectivity index (χ2n) is 4.04. The van der Waals surface area contributed by atoms with E-state index in [0.29, 0.717) is 10.2 Å². The van der Waals surface area contributed by atoms with Crippen LogP contribution in [0, 0.1) is 5.82 Å². The van der Waals surface area contributed by atoms with Crippen molar-refractivity contribution in [3.63, 3.8) is 0 Å². The molecule has 0 bridgehead atoms. The minimum Gasteiger partial charge on any atom is -0.587 e. The number of rotatable bonds is 2. The van der Waals surface area contributed by atoms with E-state index in [-0.39, 0.29) is 13.6 Å². The Morgan fingerprint density at radius 1 is 1.50 bits per heavy atom. The van der Waals surface area contributed by atoms with Crippen LogP contribution in [0.25, 0.3) is 0 Å². The summed E-state index contributed by atoms with van der Waals surface area (Å²) in [6.07, 6.45) is 0.710. The lowest BCUT2D eigenvalue weighted by Gasteiger charge is -2.11. The van der Waals surface area contributed by atoms with Crippen LogP contribution in [0.4, 0.5) is 4.39 Å². The maximum atomic E-state index is 14.0. The fourth-order valence-electron chi connectivity index (χ4n) is 1.56. The van der Waals surface area contributed by atoms with E-state index in [1.54, 1.807) is 0 Å². The average molecular weight is 384 g/mol. The zero-order valence-corrected chi connectivity index (χ0v) is 14.3. The lowest BCUT2D eigenvalue weighted by atomic mass is 10.6. The molecule has 0 fully saturated rings. The molecule has 0 spiro atoms. The highest BCUT2D eigenvalue weighted by atomic mass is 35.5. The molecule has 1 unspecified atom stereocenters. The third kappa shape index (κ3) is 3.28. The van der Waals surface area contributed by atoms with Crippen LogP contribution in [0.15, 0.2) is 26.9 Å². The first kappa shape index (κ1) is 17.2. The molecule has 0 N–H and O–H groups in total. The minimum absolute atomic E-state index is 0.0921. The number of nitrogens with zero attached hydrogens (tertiary/aromatic N) is 3. The summed E-state index contributed by atoms with van der Waals surface area (Å²) in [5.41, 5.74) is -1.27. The Hall–Kier alpha value is -1.13. The lowest BCUT2D eigenvalue weighted by Crippen LogP contribution is -2.42. The molecule has 2 aromatic heterocycles. The third-order valence-electron chi connectivity index (χ3n) is 2.49. The molecule has 2 heterocycles. The molecule has 0 aromatic carbocycles. The summed E-state index contributed by atoms with van der Waals surface area (Å²) in [5, 5.41) is 0. The molecule has 6 nitrogen and oxygen atoms in total. The standard InChI is InChI=1S/C11H8Cl2FN3O3S2/c1-5(18)15-10-6(14)4-17(11(19)16(10)2)22(20)7-3-8(12)21-9(7)13/h3-4H,1-2H3/b15-10+. The zero-order valence-electron chi connectivity index (χ0n) is 11.2. The van der Waals surface area contributed by atoms with Gasteiger partial charge in [-0.15, -0.1) is 15.3 Å². The summed E-state index contributed by atoms with van der Waals surface area (Å²) < 4.78 is 28.3. The van der Waals surface area contributed by atoms with E-state index in [9.17, 15) is 18.5 Å². The number of hydrogen-bond donors (Lipinski definition) is 0. The normalized spacial score (nSPS) is 13.5. The number of thiophene rings is 1. The van der Waals surface area contributed by atoms with Gasteiger partial charge in [-0.25, -0.2) is 9.18 Å². The van der Waals surface area contributed by atoms with Crippen molar-refractivity contribution in [3.05, 3.63) is 42.7 Å². The van der Waals surface area contributed by atoms with Gasteiger partial charge >= 0.3 is 5.69 Å². The molecule has 11 heteroatoms. The summed E-state index contributed by atoms with van der Waals surface area (Å²) in [6.45, 7) is 1.12. The Bertz CT molecular complexity index is 874. The molecular formula is C11H8Cl2FN3O3S2. The van der Waals surface area contributed by atoms with Gasteiger partial charge in [0.2, 0.25) is 10.8 Å². The van der Waals surface area contributed by atoms with Gasteiger partial charge in [0.05, 0.1) is 4.34 Å². The molecular weight excluding hydrogens is 376 g/mol. The Morgan fingerprint density at radius 2 is 2.14 bits per heavy atom. The Labute approximate surface area is 140 Å². The first-order valence-corrected chi connectivity index (χ1v) is 8.31. The number of carbonyl (C=O) groups is 1. The van der Waals surface area contributed by atoms with Crippen molar-refractivity contribution < 1.29 is 13.7 Å². The second-order valence-corrected chi connectivity index (χ2v) is 7.65. The van der Waals surface area contributed by atoms with E-state index in [2.05, 4.69) is 4.99 Å². The van der Waals surface area contributed by atoms with Gasteiger partial charge in [-0.1, -0.05) is 23.2 Å². The van der Waals surface area contributed by atoms with Gasteiger partial charge in [0.1, 0.15) is 17.6 Å². The van der Waals surface area contributed by atoms with Crippen LogP contribution in [-0.2, 0) is 23.2 Å². The molecule has 0 aliphatic rings. The summed E-state index contributed by atoms with van der Waals surface area (Å²) in [4.78, 5) is 26.6. The van der Waals surface area contributed by atoms with Gasteiger partial charge in [-0.3, -0.25) is 9.36 Å². The summed E-state index contributed by atoms with van der Waals surface area (Å²) >= 11 is 10.5. The number of halogens is 3. The predicted octanol–water partition coefficient (Wildman–Crippen LogP) is 1.71. The Kier molecular flexibility index (Phi) is 5.13. The van der Waals surface area contributed by atoms with Crippen molar-refractivity contribution in [2.45, 2.75) is 11.8 Å². The first-order valence-electron chi connectivity index (χ1n) is 5.63. The van der Waals surface area contributed by atoms with Gasteiger partial charge in [0.15, 0.2) is 15.6 Å². The van der Waals surface area contributed by atoms with Crippen LogP contribution in [0.1, 0.15) is 6.92 Å². The number of aromatic nitrogens is 2. The quantitative estimate of drug-likeness (QED) is 0.740. The lowest BCUT2D eigenvalue weighted by molar-refractivity contribution is -0.116. The summed E-state index contributed by atoms with van der Waals surface area (Å²) in [6, 6.07) is 1.34. The third-order valence-corrected chi connectivity index (χ3v) is 5.54. The topological polar surface area (TPSA) is 79.4 Å². The molecule has 1 atom stereocenters. The second kappa shape index (κ2) is 6.55. The average Bonchev–Trinajstić information content (AvgIpc) is 2.77. The largest absolute Gasteiger partial charge is 0.587 e. The molecule has 1 amide bonds. The predicted molar refractivity (Wildman–Crippen MR) is 82.0 cm³/mol. The molecule has 22 heavy (non-hydrogen) atoms. The fourth-order valence-corrected chi connectivity index (χ4v) is 4.53. The molecule has 0 radical (unpaired) electrons. The molecule has 0 saturated carbocycles. The van der Waals surface area contributed by atoms with Crippen molar-refractivity contribution in [2.75, 3.05) is 0 Å². The van der Waals surface area contributed by atoms with Gasteiger partial charge in [-0.2, -0.15) is 4.99 Å². The monoisotopic (exact) mass is 383 g/mol. The van der Waals surface area contributed by atoms with Gasteiger partial charge in [-0.05, 0) is 0 Å². The van der Waals surface area contributed by atoms with Gasteiger partial charge < -0.3 is 4.55 Å². The van der Waals surface area contributed by atoms with Crippen LogP contribution in [0.3, 0.4) is 0 Å². The van der Waals surface area contributed by atoms with E-state index in [1.165, 1.54) is 13.1 Å². The van der Waals surface area contributed by atoms with E-state index < -0.39 is 34.3 Å². The Morgan fingerprint density at radius 3 is 2.64 bits per heavy atom. The maximum Gasteiger partial charge on any atom is 0.371 e. The Balaban J connectivity index is 2.66. The maximum absolute atomic E-state index is 14.0. The van der Waals surface area contributed by atoms with Crippen molar-refractivity contribution in [3.8, 4) is 0 Å².